The number of nitrogens with zero attached hydrogens (tertiary/aromatic N) is 2. The molecule has 0 saturated carbocycles. The van der Waals surface area contributed by atoms with Crippen LogP contribution in [0.5, 0.6) is 0 Å². The summed E-state index contributed by atoms with van der Waals surface area (Å²) in [6.07, 6.45) is 5.16. The maximum atomic E-state index is 13.1. The van der Waals surface area contributed by atoms with Gasteiger partial charge in [0, 0.05) is 37.4 Å². The van der Waals surface area contributed by atoms with Gasteiger partial charge in [-0.1, -0.05) is 5.92 Å². The molecular weight excluding hydrogens is 371 g/mol. The van der Waals surface area contributed by atoms with Crippen LogP contribution in [0.15, 0.2) is 12.1 Å². The van der Waals surface area contributed by atoms with Gasteiger partial charge in [-0.2, -0.15) is 8.42 Å². The van der Waals surface area contributed by atoms with Crippen LogP contribution in [-0.4, -0.2) is 51.2 Å². The standard InChI is InChI=1S/C19H25FN2O4S/c1-6-16-11-15(13-27(20,24)25)12-17(14(16)2)21-7-9-22(10-8-21)18(23)26-19(3,4)5/h1,11-12H,7-10,13H2,2-5H3. The van der Waals surface area contributed by atoms with Crippen molar-refractivity contribution < 1.29 is 21.8 Å². The lowest BCUT2D eigenvalue weighted by atomic mass is 10.0. The van der Waals surface area contributed by atoms with Crippen molar-refractivity contribution >= 4 is 22.0 Å². The van der Waals surface area contributed by atoms with E-state index < -0.39 is 21.6 Å². The number of anilines is 1. The van der Waals surface area contributed by atoms with Gasteiger partial charge in [-0.15, -0.1) is 10.3 Å². The van der Waals surface area contributed by atoms with Crippen molar-refractivity contribution in [3.63, 3.8) is 0 Å². The third-order valence-electron chi connectivity index (χ3n) is 4.21. The van der Waals surface area contributed by atoms with Crippen LogP contribution < -0.4 is 4.90 Å². The first-order valence-corrected chi connectivity index (χ1v) is 10.2. The zero-order chi connectivity index (χ0) is 20.4. The van der Waals surface area contributed by atoms with E-state index in [0.29, 0.717) is 37.3 Å². The Balaban J connectivity index is 2.19. The number of carbonyl (C=O) groups excluding carboxylic acids is 1. The number of rotatable bonds is 3. The van der Waals surface area contributed by atoms with Crippen LogP contribution in [-0.2, 0) is 20.7 Å². The first-order chi connectivity index (χ1) is 12.4. The van der Waals surface area contributed by atoms with E-state index >= 15 is 0 Å². The van der Waals surface area contributed by atoms with Gasteiger partial charge in [0.15, 0.2) is 0 Å². The molecule has 0 aliphatic carbocycles. The van der Waals surface area contributed by atoms with Gasteiger partial charge in [-0.25, -0.2) is 4.79 Å². The van der Waals surface area contributed by atoms with Crippen LogP contribution in [0.25, 0.3) is 0 Å². The number of halogens is 1. The fourth-order valence-corrected chi connectivity index (χ4v) is 3.54. The first-order valence-electron chi connectivity index (χ1n) is 8.65. The molecule has 27 heavy (non-hydrogen) atoms. The highest BCUT2D eigenvalue weighted by Crippen LogP contribution is 2.28. The fraction of sp³-hybridized carbons (Fsp3) is 0.526. The second kappa shape index (κ2) is 7.77. The number of benzene rings is 1. The molecule has 148 valence electrons. The highest BCUT2D eigenvalue weighted by Gasteiger charge is 2.27. The molecule has 2 rings (SSSR count). The number of carbonyl (C=O) groups is 1. The van der Waals surface area contributed by atoms with E-state index in [1.807, 2.05) is 32.6 Å². The zero-order valence-electron chi connectivity index (χ0n) is 16.1. The fourth-order valence-electron chi connectivity index (χ4n) is 2.97. The van der Waals surface area contributed by atoms with Gasteiger partial charge in [-0.3, -0.25) is 0 Å². The van der Waals surface area contributed by atoms with E-state index in [9.17, 15) is 17.1 Å². The van der Waals surface area contributed by atoms with Crippen LogP contribution in [0.2, 0.25) is 0 Å². The van der Waals surface area contributed by atoms with Crippen molar-refractivity contribution in [3.8, 4) is 12.3 Å². The predicted octanol–water partition coefficient (Wildman–Crippen LogP) is 2.83. The summed E-state index contributed by atoms with van der Waals surface area (Å²) in [5.74, 6) is 1.81. The molecule has 0 spiro atoms. The summed E-state index contributed by atoms with van der Waals surface area (Å²) in [7, 11) is -4.66. The Labute approximate surface area is 160 Å². The van der Waals surface area contributed by atoms with Gasteiger partial charge in [0.05, 0.1) is 0 Å². The number of terminal acetylenes is 1. The average Bonchev–Trinajstić information content (AvgIpc) is 2.53. The van der Waals surface area contributed by atoms with E-state index in [0.717, 1.165) is 11.3 Å². The van der Waals surface area contributed by atoms with Crippen molar-refractivity contribution in [2.45, 2.75) is 39.0 Å². The molecule has 1 aliphatic heterocycles. The van der Waals surface area contributed by atoms with Crippen LogP contribution >= 0.6 is 0 Å². The molecule has 6 nitrogen and oxygen atoms in total. The maximum Gasteiger partial charge on any atom is 0.410 e. The highest BCUT2D eigenvalue weighted by atomic mass is 32.3. The van der Waals surface area contributed by atoms with Crippen molar-refractivity contribution in [2.24, 2.45) is 0 Å². The Kier molecular flexibility index (Phi) is 6.05. The molecule has 1 heterocycles. The van der Waals surface area contributed by atoms with Crippen LogP contribution in [0, 0.1) is 19.3 Å². The Morgan fingerprint density at radius 1 is 1.26 bits per heavy atom. The molecule has 8 heteroatoms. The molecule has 1 amide bonds. The second-order valence-corrected chi connectivity index (χ2v) is 8.94. The van der Waals surface area contributed by atoms with Crippen LogP contribution in [0.4, 0.5) is 14.4 Å². The third kappa shape index (κ3) is 5.86. The molecule has 1 aromatic carbocycles. The summed E-state index contributed by atoms with van der Waals surface area (Å²) in [5.41, 5.74) is 1.86. The Morgan fingerprint density at radius 2 is 1.85 bits per heavy atom. The molecule has 0 N–H and O–H groups in total. The third-order valence-corrected chi connectivity index (χ3v) is 4.88. The molecule has 0 atom stereocenters. The minimum absolute atomic E-state index is 0.306. The number of hydrogen-bond donors (Lipinski definition) is 0. The van der Waals surface area contributed by atoms with Gasteiger partial charge in [-0.05, 0) is 51.0 Å². The average molecular weight is 396 g/mol. The Bertz CT molecular complexity index is 861. The van der Waals surface area contributed by atoms with Crippen LogP contribution in [0.1, 0.15) is 37.5 Å². The molecule has 1 aromatic rings. The summed E-state index contributed by atoms with van der Waals surface area (Å²) >= 11 is 0. The minimum Gasteiger partial charge on any atom is -0.444 e. The summed E-state index contributed by atoms with van der Waals surface area (Å²) in [6.45, 7) is 9.30. The molecule has 0 unspecified atom stereocenters. The number of hydrogen-bond acceptors (Lipinski definition) is 5. The molecule has 0 radical (unpaired) electrons. The van der Waals surface area contributed by atoms with Crippen molar-refractivity contribution in [1.82, 2.24) is 4.90 Å². The highest BCUT2D eigenvalue weighted by molar-refractivity contribution is 7.85. The minimum atomic E-state index is -4.66. The van der Waals surface area contributed by atoms with Gasteiger partial charge in [0.25, 0.3) is 0 Å². The van der Waals surface area contributed by atoms with Crippen molar-refractivity contribution in [1.29, 1.82) is 0 Å². The SMILES string of the molecule is C#Cc1cc(CS(=O)(=O)F)cc(N2CCN(C(=O)OC(C)(C)C)CC2)c1C. The number of amides is 1. The lowest BCUT2D eigenvalue weighted by Crippen LogP contribution is -2.50. The number of ether oxygens (including phenoxy) is 1. The number of piperazine rings is 1. The van der Waals surface area contributed by atoms with E-state index in [-0.39, 0.29) is 6.09 Å². The maximum absolute atomic E-state index is 13.1. The normalized spacial score (nSPS) is 15.4. The van der Waals surface area contributed by atoms with E-state index in [4.69, 9.17) is 11.2 Å². The Morgan fingerprint density at radius 3 is 2.33 bits per heavy atom. The van der Waals surface area contributed by atoms with Gasteiger partial charge >= 0.3 is 16.3 Å². The van der Waals surface area contributed by atoms with Crippen LogP contribution in [0.3, 0.4) is 0 Å². The van der Waals surface area contributed by atoms with Gasteiger partial charge in [0.2, 0.25) is 0 Å². The van der Waals surface area contributed by atoms with E-state index in [2.05, 4.69) is 5.92 Å². The molecule has 1 aliphatic rings. The monoisotopic (exact) mass is 396 g/mol. The van der Waals surface area contributed by atoms with E-state index in [1.165, 1.54) is 6.07 Å². The largest absolute Gasteiger partial charge is 0.444 e. The Hall–Kier alpha value is -2.27. The van der Waals surface area contributed by atoms with Crippen molar-refractivity contribution in [2.75, 3.05) is 31.1 Å². The van der Waals surface area contributed by atoms with Gasteiger partial charge in [0.1, 0.15) is 11.4 Å². The first kappa shape index (κ1) is 21.0. The molecule has 1 fully saturated rings. The van der Waals surface area contributed by atoms with Gasteiger partial charge < -0.3 is 14.5 Å². The zero-order valence-corrected chi connectivity index (χ0v) is 16.9. The summed E-state index contributed by atoms with van der Waals surface area (Å²) < 4.78 is 40.5. The molecule has 1 saturated heterocycles. The molecular formula is C19H25FN2O4S. The lowest BCUT2D eigenvalue weighted by Gasteiger charge is -2.37. The smallest absolute Gasteiger partial charge is 0.410 e. The second-order valence-electron chi connectivity index (χ2n) is 7.57. The predicted molar refractivity (Wildman–Crippen MR) is 103 cm³/mol. The van der Waals surface area contributed by atoms with Crippen molar-refractivity contribution in [3.05, 3.63) is 28.8 Å². The summed E-state index contributed by atoms with van der Waals surface area (Å²) in [5, 5.41) is 0. The molecule has 0 aromatic heterocycles. The quantitative estimate of drug-likeness (QED) is 0.581. The van der Waals surface area contributed by atoms with E-state index in [1.54, 1.807) is 11.0 Å². The lowest BCUT2D eigenvalue weighted by molar-refractivity contribution is 0.0240. The molecule has 0 bridgehead atoms. The summed E-state index contributed by atoms with van der Waals surface area (Å²) in [6, 6.07) is 3.17. The topological polar surface area (TPSA) is 66.9 Å². The summed E-state index contributed by atoms with van der Waals surface area (Å²) in [4.78, 5) is 15.8.